The largest absolute Gasteiger partial charge is 0.434 e. The number of hydrogen-bond acceptors (Lipinski definition) is 3. The number of benzene rings is 1. The van der Waals surface area contributed by atoms with Crippen molar-refractivity contribution in [2.45, 2.75) is 6.61 Å². The lowest BCUT2D eigenvalue weighted by Gasteiger charge is -2.08. The third-order valence-corrected chi connectivity index (χ3v) is 2.30. The van der Waals surface area contributed by atoms with E-state index in [4.69, 9.17) is 0 Å². The average Bonchev–Trinajstić information content (AvgIpc) is 2.29. The number of ether oxygens (including phenoxy) is 1. The summed E-state index contributed by atoms with van der Waals surface area (Å²) in [4.78, 5) is 15.5. The number of carbonyl (C=O) groups excluding carboxylic acids is 1. The van der Waals surface area contributed by atoms with Crippen LogP contribution in [0.3, 0.4) is 0 Å². The maximum Gasteiger partial charge on any atom is 0.387 e. The van der Waals surface area contributed by atoms with Crippen LogP contribution in [0.1, 0.15) is 5.56 Å². The molecule has 0 saturated carbocycles. The maximum atomic E-state index is 12.2. The SMILES string of the molecule is CONC(=O)/C=C/c1cc(Br)ccc1OC(F)F. The first kappa shape index (κ1) is 14.6. The van der Waals surface area contributed by atoms with E-state index in [1.165, 1.54) is 19.3 Å². The molecule has 0 saturated heterocycles. The second-order valence-corrected chi connectivity index (χ2v) is 3.98. The quantitative estimate of drug-likeness (QED) is 0.670. The Morgan fingerprint density at radius 1 is 1.50 bits per heavy atom. The Bertz CT molecular complexity index is 452. The van der Waals surface area contributed by atoms with Gasteiger partial charge in [-0.15, -0.1) is 0 Å². The standard InChI is InChI=1S/C11H10BrF2NO3/c1-17-15-10(16)5-2-7-6-8(12)3-4-9(7)18-11(13)14/h2-6,11H,1H3,(H,15,16)/b5-2+. The van der Waals surface area contributed by atoms with E-state index in [0.717, 1.165) is 6.08 Å². The van der Waals surface area contributed by atoms with Gasteiger partial charge in [-0.3, -0.25) is 9.63 Å². The minimum absolute atomic E-state index is 0.0188. The van der Waals surface area contributed by atoms with Crippen LogP contribution in [0.5, 0.6) is 5.75 Å². The summed E-state index contributed by atoms with van der Waals surface area (Å²) in [6.07, 6.45) is 2.49. The molecule has 18 heavy (non-hydrogen) atoms. The van der Waals surface area contributed by atoms with Crippen LogP contribution in [0.25, 0.3) is 6.08 Å². The van der Waals surface area contributed by atoms with E-state index >= 15 is 0 Å². The van der Waals surface area contributed by atoms with Crippen molar-refractivity contribution < 1.29 is 23.1 Å². The van der Waals surface area contributed by atoms with Gasteiger partial charge in [0.2, 0.25) is 0 Å². The van der Waals surface area contributed by atoms with Crippen LogP contribution in [0.15, 0.2) is 28.7 Å². The molecule has 1 amide bonds. The predicted molar refractivity (Wildman–Crippen MR) is 65.0 cm³/mol. The van der Waals surface area contributed by atoms with Crippen molar-refractivity contribution >= 4 is 27.9 Å². The molecule has 0 heterocycles. The van der Waals surface area contributed by atoms with Gasteiger partial charge in [0.15, 0.2) is 0 Å². The Labute approximate surface area is 111 Å². The Morgan fingerprint density at radius 3 is 2.83 bits per heavy atom. The van der Waals surface area contributed by atoms with Gasteiger partial charge in [-0.25, -0.2) is 5.48 Å². The van der Waals surface area contributed by atoms with Crippen molar-refractivity contribution in [3.8, 4) is 5.75 Å². The molecule has 0 aliphatic heterocycles. The summed E-state index contributed by atoms with van der Waals surface area (Å²) >= 11 is 3.20. The summed E-state index contributed by atoms with van der Waals surface area (Å²) in [5.74, 6) is -0.532. The molecule has 7 heteroatoms. The van der Waals surface area contributed by atoms with Crippen molar-refractivity contribution in [1.29, 1.82) is 0 Å². The number of hydroxylamine groups is 1. The molecule has 98 valence electrons. The van der Waals surface area contributed by atoms with E-state index in [0.29, 0.717) is 10.0 Å². The molecule has 1 aromatic carbocycles. The molecule has 4 nitrogen and oxygen atoms in total. The van der Waals surface area contributed by atoms with Crippen molar-refractivity contribution in [2.75, 3.05) is 7.11 Å². The molecule has 0 fully saturated rings. The van der Waals surface area contributed by atoms with Crippen LogP contribution in [-0.2, 0) is 9.63 Å². The third kappa shape index (κ3) is 4.80. The Morgan fingerprint density at radius 2 is 2.22 bits per heavy atom. The molecule has 1 rings (SSSR count). The van der Waals surface area contributed by atoms with Gasteiger partial charge in [0.05, 0.1) is 7.11 Å². The van der Waals surface area contributed by atoms with Gasteiger partial charge in [-0.1, -0.05) is 15.9 Å². The highest BCUT2D eigenvalue weighted by atomic mass is 79.9. The second kappa shape index (κ2) is 7.07. The Kier molecular flexibility index (Phi) is 5.73. The molecule has 0 unspecified atom stereocenters. The summed E-state index contributed by atoms with van der Waals surface area (Å²) in [7, 11) is 1.29. The molecule has 0 radical (unpaired) electrons. The second-order valence-electron chi connectivity index (χ2n) is 3.06. The number of amides is 1. The number of halogens is 3. The lowest BCUT2D eigenvalue weighted by molar-refractivity contribution is -0.126. The lowest BCUT2D eigenvalue weighted by atomic mass is 10.2. The third-order valence-electron chi connectivity index (χ3n) is 1.80. The molecule has 0 spiro atoms. The number of alkyl halides is 2. The van der Waals surface area contributed by atoms with E-state index in [1.807, 2.05) is 0 Å². The number of carbonyl (C=O) groups is 1. The maximum absolute atomic E-state index is 12.2. The van der Waals surface area contributed by atoms with Gasteiger partial charge in [0.1, 0.15) is 5.75 Å². The van der Waals surface area contributed by atoms with Crippen molar-refractivity contribution in [1.82, 2.24) is 5.48 Å². The monoisotopic (exact) mass is 321 g/mol. The molecular formula is C11H10BrF2NO3. The zero-order chi connectivity index (χ0) is 13.5. The average molecular weight is 322 g/mol. The van der Waals surface area contributed by atoms with Crippen molar-refractivity contribution in [3.05, 3.63) is 34.3 Å². The van der Waals surface area contributed by atoms with E-state index in [2.05, 4.69) is 31.0 Å². The number of hydrogen-bond donors (Lipinski definition) is 1. The summed E-state index contributed by atoms with van der Waals surface area (Å²) in [5, 5.41) is 0. The van der Waals surface area contributed by atoms with Crippen LogP contribution in [-0.4, -0.2) is 19.6 Å². The fraction of sp³-hybridized carbons (Fsp3) is 0.182. The van der Waals surface area contributed by atoms with Crippen LogP contribution < -0.4 is 10.2 Å². The smallest absolute Gasteiger partial charge is 0.387 e. The minimum atomic E-state index is -2.92. The molecule has 0 atom stereocenters. The van der Waals surface area contributed by atoms with Gasteiger partial charge < -0.3 is 4.74 Å². The first-order chi connectivity index (χ1) is 8.52. The molecule has 0 aromatic heterocycles. The first-order valence-electron chi connectivity index (χ1n) is 4.78. The summed E-state index contributed by atoms with van der Waals surface area (Å²) < 4.78 is 29.3. The number of nitrogens with one attached hydrogen (secondary N) is 1. The van der Waals surface area contributed by atoms with Crippen LogP contribution in [0.4, 0.5) is 8.78 Å². The Balaban J connectivity index is 2.91. The van der Waals surface area contributed by atoms with Crippen LogP contribution in [0, 0.1) is 0 Å². The molecule has 1 N–H and O–H groups in total. The Hall–Kier alpha value is -1.47. The molecular weight excluding hydrogens is 312 g/mol. The molecule has 1 aromatic rings. The van der Waals surface area contributed by atoms with E-state index in [1.54, 1.807) is 12.1 Å². The zero-order valence-electron chi connectivity index (χ0n) is 9.32. The van der Waals surface area contributed by atoms with Gasteiger partial charge in [0.25, 0.3) is 5.91 Å². The highest BCUT2D eigenvalue weighted by molar-refractivity contribution is 9.10. The summed E-state index contributed by atoms with van der Waals surface area (Å²) in [6.45, 7) is -2.92. The van der Waals surface area contributed by atoms with E-state index < -0.39 is 12.5 Å². The minimum Gasteiger partial charge on any atom is -0.434 e. The van der Waals surface area contributed by atoms with Crippen molar-refractivity contribution in [3.63, 3.8) is 0 Å². The first-order valence-corrected chi connectivity index (χ1v) is 5.57. The van der Waals surface area contributed by atoms with Gasteiger partial charge in [-0.2, -0.15) is 8.78 Å². The molecule has 0 aliphatic carbocycles. The van der Waals surface area contributed by atoms with Crippen LogP contribution >= 0.6 is 15.9 Å². The topological polar surface area (TPSA) is 47.6 Å². The van der Waals surface area contributed by atoms with Crippen molar-refractivity contribution in [2.24, 2.45) is 0 Å². The van der Waals surface area contributed by atoms with Gasteiger partial charge >= 0.3 is 6.61 Å². The van der Waals surface area contributed by atoms with Gasteiger partial charge in [-0.05, 0) is 24.3 Å². The van der Waals surface area contributed by atoms with Gasteiger partial charge in [0, 0.05) is 16.1 Å². The fourth-order valence-electron chi connectivity index (χ4n) is 1.15. The van der Waals surface area contributed by atoms with E-state index in [9.17, 15) is 13.6 Å². The van der Waals surface area contributed by atoms with Crippen LogP contribution in [0.2, 0.25) is 0 Å². The zero-order valence-corrected chi connectivity index (χ0v) is 10.9. The molecule has 0 aliphatic rings. The van der Waals surface area contributed by atoms with E-state index in [-0.39, 0.29) is 5.75 Å². The highest BCUT2D eigenvalue weighted by Gasteiger charge is 2.08. The predicted octanol–water partition coefficient (Wildman–Crippen LogP) is 2.74. The summed E-state index contributed by atoms with van der Waals surface area (Å²) in [5.41, 5.74) is 2.41. The fourth-order valence-corrected chi connectivity index (χ4v) is 1.53. The summed E-state index contributed by atoms with van der Waals surface area (Å²) in [6, 6.07) is 4.49. The number of rotatable bonds is 5. The normalized spacial score (nSPS) is 10.9. The lowest BCUT2D eigenvalue weighted by Crippen LogP contribution is -2.18. The molecule has 0 bridgehead atoms. The highest BCUT2D eigenvalue weighted by Crippen LogP contribution is 2.25.